The molecule has 0 unspecified atom stereocenters. The van der Waals surface area contributed by atoms with Crippen molar-refractivity contribution in [2.45, 2.75) is 25.7 Å². The first-order valence-corrected chi connectivity index (χ1v) is 6.97. The van der Waals surface area contributed by atoms with Gasteiger partial charge in [-0.2, -0.15) is 0 Å². The third kappa shape index (κ3) is 2.03. The molecule has 0 radical (unpaired) electrons. The number of rotatable bonds is 4. The van der Waals surface area contributed by atoms with Gasteiger partial charge in [0.15, 0.2) is 0 Å². The maximum Gasteiger partial charge on any atom is 0.0938 e. The Kier molecular flexibility index (Phi) is 2.76. The van der Waals surface area contributed by atoms with Gasteiger partial charge in [0, 0.05) is 29.8 Å². The Morgan fingerprint density at radius 2 is 2.35 bits per heavy atom. The zero-order valence-electron chi connectivity index (χ0n) is 9.78. The van der Waals surface area contributed by atoms with Crippen molar-refractivity contribution in [3.63, 3.8) is 0 Å². The van der Waals surface area contributed by atoms with E-state index in [9.17, 15) is 0 Å². The Morgan fingerprint density at radius 1 is 1.47 bits per heavy atom. The molecule has 0 aromatic carbocycles. The molecule has 17 heavy (non-hydrogen) atoms. The van der Waals surface area contributed by atoms with Crippen molar-refractivity contribution < 1.29 is 0 Å². The molecule has 2 aromatic rings. The summed E-state index contributed by atoms with van der Waals surface area (Å²) in [7, 11) is 0. The van der Waals surface area contributed by atoms with Crippen LogP contribution in [0, 0.1) is 5.41 Å². The molecule has 0 amide bonds. The Bertz CT molecular complexity index is 477. The second-order valence-electron chi connectivity index (χ2n) is 4.96. The van der Waals surface area contributed by atoms with Crippen molar-refractivity contribution in [1.82, 2.24) is 9.97 Å². The van der Waals surface area contributed by atoms with Crippen molar-refractivity contribution in [2.24, 2.45) is 11.1 Å². The number of nitrogens with two attached hydrogens (primary N) is 1. The number of nitrogens with zero attached hydrogens (tertiary/aromatic N) is 1. The fourth-order valence-corrected chi connectivity index (χ4v) is 3.44. The molecule has 2 aromatic heterocycles. The number of hydrogen-bond donors (Lipinski definition) is 2. The van der Waals surface area contributed by atoms with Crippen LogP contribution in [0.4, 0.5) is 0 Å². The highest BCUT2D eigenvalue weighted by atomic mass is 32.1. The highest BCUT2D eigenvalue weighted by Crippen LogP contribution is 2.43. The Balaban J connectivity index is 1.77. The third-order valence-electron chi connectivity index (χ3n) is 3.82. The lowest BCUT2D eigenvalue weighted by Crippen LogP contribution is -2.39. The summed E-state index contributed by atoms with van der Waals surface area (Å²) in [6.45, 7) is 0.798. The van der Waals surface area contributed by atoms with Gasteiger partial charge in [0.05, 0.1) is 10.7 Å². The SMILES string of the molecule is NCC1(Cc2nc(-c3cc[nH]c3)cs2)CCC1. The summed E-state index contributed by atoms with van der Waals surface area (Å²) in [4.78, 5) is 7.77. The molecule has 0 aliphatic heterocycles. The third-order valence-corrected chi connectivity index (χ3v) is 4.67. The smallest absolute Gasteiger partial charge is 0.0938 e. The van der Waals surface area contributed by atoms with Gasteiger partial charge in [0.25, 0.3) is 0 Å². The Labute approximate surface area is 105 Å². The van der Waals surface area contributed by atoms with Gasteiger partial charge >= 0.3 is 0 Å². The van der Waals surface area contributed by atoms with Gasteiger partial charge in [-0.3, -0.25) is 0 Å². The summed E-state index contributed by atoms with van der Waals surface area (Å²) in [6, 6.07) is 2.06. The normalized spacial score (nSPS) is 17.9. The Hall–Kier alpha value is -1.13. The standard InChI is InChI=1S/C13H17N3S/c14-9-13(3-1-4-13)6-12-16-11(8-17-12)10-2-5-15-7-10/h2,5,7-8,15H,1,3-4,6,9,14H2. The highest BCUT2D eigenvalue weighted by molar-refractivity contribution is 7.09. The minimum atomic E-state index is 0.354. The molecule has 0 bridgehead atoms. The van der Waals surface area contributed by atoms with Gasteiger partial charge in [-0.15, -0.1) is 11.3 Å². The van der Waals surface area contributed by atoms with E-state index in [0.717, 1.165) is 18.7 Å². The summed E-state index contributed by atoms with van der Waals surface area (Å²) in [5, 5.41) is 3.37. The number of aromatic amines is 1. The van der Waals surface area contributed by atoms with Crippen LogP contribution in [0.1, 0.15) is 24.3 Å². The van der Waals surface area contributed by atoms with Crippen molar-refractivity contribution in [3.8, 4) is 11.3 Å². The summed E-state index contributed by atoms with van der Waals surface area (Å²) in [6.07, 6.45) is 8.83. The van der Waals surface area contributed by atoms with Gasteiger partial charge in [0.1, 0.15) is 0 Å². The highest BCUT2D eigenvalue weighted by Gasteiger charge is 2.36. The maximum absolute atomic E-state index is 5.89. The molecule has 0 spiro atoms. The first-order valence-electron chi connectivity index (χ1n) is 6.09. The fourth-order valence-electron chi connectivity index (χ4n) is 2.46. The average Bonchev–Trinajstić information content (AvgIpc) is 2.94. The molecule has 3 nitrogen and oxygen atoms in total. The van der Waals surface area contributed by atoms with Crippen LogP contribution in [0.2, 0.25) is 0 Å². The first-order chi connectivity index (χ1) is 8.31. The van der Waals surface area contributed by atoms with Crippen LogP contribution in [0.25, 0.3) is 11.3 Å². The lowest BCUT2D eigenvalue weighted by molar-refractivity contribution is 0.145. The van der Waals surface area contributed by atoms with E-state index in [4.69, 9.17) is 10.7 Å². The fraction of sp³-hybridized carbons (Fsp3) is 0.462. The molecule has 1 fully saturated rings. The van der Waals surface area contributed by atoms with Gasteiger partial charge in [-0.05, 0) is 30.9 Å². The second kappa shape index (κ2) is 4.27. The van der Waals surface area contributed by atoms with Crippen LogP contribution in [0.3, 0.4) is 0 Å². The summed E-state index contributed by atoms with van der Waals surface area (Å²) >= 11 is 1.76. The number of aromatic nitrogens is 2. The predicted octanol–water partition coefficient (Wildman–Crippen LogP) is 2.81. The molecule has 4 heteroatoms. The first kappa shape index (κ1) is 11.0. The van der Waals surface area contributed by atoms with Gasteiger partial charge in [0.2, 0.25) is 0 Å². The van der Waals surface area contributed by atoms with Crippen LogP contribution >= 0.6 is 11.3 Å². The van der Waals surface area contributed by atoms with Crippen molar-refractivity contribution >= 4 is 11.3 Å². The van der Waals surface area contributed by atoms with E-state index in [1.165, 1.54) is 29.8 Å². The topological polar surface area (TPSA) is 54.7 Å². The van der Waals surface area contributed by atoms with Crippen LogP contribution in [-0.2, 0) is 6.42 Å². The van der Waals surface area contributed by atoms with Gasteiger partial charge in [-0.1, -0.05) is 6.42 Å². The van der Waals surface area contributed by atoms with Gasteiger partial charge in [-0.25, -0.2) is 4.98 Å². The molecule has 90 valence electrons. The number of hydrogen-bond acceptors (Lipinski definition) is 3. The average molecular weight is 247 g/mol. The van der Waals surface area contributed by atoms with Crippen molar-refractivity contribution in [3.05, 3.63) is 28.8 Å². The quantitative estimate of drug-likeness (QED) is 0.873. The van der Waals surface area contributed by atoms with Crippen LogP contribution < -0.4 is 5.73 Å². The lowest BCUT2D eigenvalue weighted by Gasteiger charge is -2.40. The number of thiazole rings is 1. The zero-order valence-corrected chi connectivity index (χ0v) is 10.6. The molecule has 1 saturated carbocycles. The van der Waals surface area contributed by atoms with Crippen LogP contribution in [-0.4, -0.2) is 16.5 Å². The van der Waals surface area contributed by atoms with E-state index in [-0.39, 0.29) is 0 Å². The molecular formula is C13H17N3S. The molecule has 2 heterocycles. The summed E-state index contributed by atoms with van der Waals surface area (Å²) in [5.74, 6) is 0. The van der Waals surface area contributed by atoms with Crippen molar-refractivity contribution in [2.75, 3.05) is 6.54 Å². The molecular weight excluding hydrogens is 230 g/mol. The van der Waals surface area contributed by atoms with Crippen LogP contribution in [0.15, 0.2) is 23.8 Å². The minimum Gasteiger partial charge on any atom is -0.367 e. The maximum atomic E-state index is 5.89. The van der Waals surface area contributed by atoms with E-state index in [1.54, 1.807) is 11.3 Å². The van der Waals surface area contributed by atoms with Gasteiger partial charge < -0.3 is 10.7 Å². The van der Waals surface area contributed by atoms with E-state index in [2.05, 4.69) is 16.4 Å². The number of nitrogens with one attached hydrogen (secondary N) is 1. The Morgan fingerprint density at radius 3 is 2.94 bits per heavy atom. The molecule has 0 saturated heterocycles. The van der Waals surface area contributed by atoms with E-state index >= 15 is 0 Å². The molecule has 0 atom stereocenters. The predicted molar refractivity (Wildman–Crippen MR) is 70.9 cm³/mol. The minimum absolute atomic E-state index is 0.354. The van der Waals surface area contributed by atoms with E-state index < -0.39 is 0 Å². The molecule has 1 aliphatic rings. The lowest BCUT2D eigenvalue weighted by atomic mass is 9.67. The van der Waals surface area contributed by atoms with E-state index in [0.29, 0.717) is 5.41 Å². The number of H-pyrrole nitrogens is 1. The zero-order chi connectivity index (χ0) is 11.7. The molecule has 1 aliphatic carbocycles. The van der Waals surface area contributed by atoms with E-state index in [1.807, 2.05) is 12.4 Å². The molecule has 3 N–H and O–H groups in total. The molecule has 3 rings (SSSR count). The van der Waals surface area contributed by atoms with Crippen molar-refractivity contribution in [1.29, 1.82) is 0 Å². The second-order valence-corrected chi connectivity index (χ2v) is 5.90. The summed E-state index contributed by atoms with van der Waals surface area (Å²) in [5.41, 5.74) is 8.49. The van der Waals surface area contributed by atoms with Crippen LogP contribution in [0.5, 0.6) is 0 Å². The largest absolute Gasteiger partial charge is 0.367 e. The monoisotopic (exact) mass is 247 g/mol. The summed E-state index contributed by atoms with van der Waals surface area (Å²) < 4.78 is 0.